The van der Waals surface area contributed by atoms with Crippen molar-refractivity contribution in [2.45, 2.75) is 33.2 Å². The predicted molar refractivity (Wildman–Crippen MR) is 102 cm³/mol. The Kier molecular flexibility index (Phi) is 6.12. The molecule has 0 spiro atoms. The molecular formula is C17H20Cl2N2O2S. The lowest BCUT2D eigenvalue weighted by molar-refractivity contribution is -0.114. The molecule has 1 aliphatic heterocycles. The third kappa shape index (κ3) is 3.53. The molecule has 130 valence electrons. The van der Waals surface area contributed by atoms with Gasteiger partial charge in [0.1, 0.15) is 0 Å². The third-order valence-corrected chi connectivity index (χ3v) is 4.88. The normalized spacial score (nSPS) is 17.8. The van der Waals surface area contributed by atoms with Crippen molar-refractivity contribution in [2.24, 2.45) is 0 Å². The minimum atomic E-state index is -0.385. The van der Waals surface area contributed by atoms with Crippen LogP contribution in [0.15, 0.2) is 23.4 Å². The molecule has 7 heteroatoms. The van der Waals surface area contributed by atoms with Crippen LogP contribution in [0.4, 0.5) is 0 Å². The number of ether oxygens (including phenoxy) is 1. The van der Waals surface area contributed by atoms with Crippen LogP contribution in [0.1, 0.15) is 38.8 Å². The van der Waals surface area contributed by atoms with E-state index in [1.54, 1.807) is 19.1 Å². The molecule has 0 radical (unpaired) electrons. The molecule has 1 aromatic carbocycles. The number of benzene rings is 1. The average Bonchev–Trinajstić information content (AvgIpc) is 2.50. The Balaban J connectivity index is 2.57. The summed E-state index contributed by atoms with van der Waals surface area (Å²) in [5.74, 6) is 0.398. The maximum atomic E-state index is 12.3. The minimum Gasteiger partial charge on any atom is -0.494 e. The highest BCUT2D eigenvalue weighted by Crippen LogP contribution is 2.39. The van der Waals surface area contributed by atoms with Crippen molar-refractivity contribution in [3.63, 3.8) is 0 Å². The number of halogens is 2. The number of carbonyl (C=O) groups excluding carboxylic acids is 1. The second-order valence-corrected chi connectivity index (χ2v) is 6.81. The van der Waals surface area contributed by atoms with E-state index in [4.69, 9.17) is 40.2 Å². The molecule has 1 N–H and O–H groups in total. The highest BCUT2D eigenvalue weighted by molar-refractivity contribution is 7.80. The van der Waals surface area contributed by atoms with Gasteiger partial charge in [-0.3, -0.25) is 4.79 Å². The average molecular weight is 387 g/mol. The highest BCUT2D eigenvalue weighted by atomic mass is 35.5. The molecule has 24 heavy (non-hydrogen) atoms. The molecule has 0 bridgehead atoms. The third-order valence-electron chi connectivity index (χ3n) is 3.98. The summed E-state index contributed by atoms with van der Waals surface area (Å²) in [6.45, 7) is 6.29. The van der Waals surface area contributed by atoms with Gasteiger partial charge in [0, 0.05) is 17.8 Å². The number of Topliss-reactive ketones (excluding diaryl/α,β-unsaturated/α-hetero) is 1. The standard InChI is InChI=1S/C17H20Cl2N2O2S/c1-5-6-21-9(2)14(10(3)22)15(20-17(21)24)11-7-12(18)16(23-4)13(19)8-11/h7-8,15H,5-6H2,1-4H3,(H,20,24). The number of allylic oxidation sites excluding steroid dienone is 1. The van der Waals surface area contributed by atoms with Crippen molar-refractivity contribution in [3.8, 4) is 5.75 Å². The Labute approximate surface area is 157 Å². The Morgan fingerprint density at radius 1 is 1.38 bits per heavy atom. The fourth-order valence-corrected chi connectivity index (χ4v) is 3.93. The van der Waals surface area contributed by atoms with E-state index in [2.05, 4.69) is 12.2 Å². The maximum absolute atomic E-state index is 12.3. The first-order chi connectivity index (χ1) is 11.3. The molecule has 0 saturated carbocycles. The van der Waals surface area contributed by atoms with Crippen LogP contribution in [0.2, 0.25) is 10.0 Å². The van der Waals surface area contributed by atoms with Gasteiger partial charge in [0.25, 0.3) is 0 Å². The summed E-state index contributed by atoms with van der Waals surface area (Å²) < 4.78 is 5.19. The zero-order chi connectivity index (χ0) is 18.0. The van der Waals surface area contributed by atoms with Crippen LogP contribution < -0.4 is 10.1 Å². The molecular weight excluding hydrogens is 367 g/mol. The lowest BCUT2D eigenvalue weighted by Gasteiger charge is -2.37. The van der Waals surface area contributed by atoms with Gasteiger partial charge in [0.05, 0.1) is 23.2 Å². The predicted octanol–water partition coefficient (Wildman–Crippen LogP) is 4.51. The minimum absolute atomic E-state index is 0.0170. The van der Waals surface area contributed by atoms with E-state index in [0.717, 1.165) is 24.2 Å². The molecule has 0 amide bonds. The summed E-state index contributed by atoms with van der Waals surface area (Å²) >= 11 is 18.0. The molecule has 1 atom stereocenters. The van der Waals surface area contributed by atoms with Crippen LogP contribution >= 0.6 is 35.4 Å². The summed E-state index contributed by atoms with van der Waals surface area (Å²) in [6.07, 6.45) is 0.926. The summed E-state index contributed by atoms with van der Waals surface area (Å²) in [4.78, 5) is 14.2. The number of hydrogen-bond acceptors (Lipinski definition) is 3. The van der Waals surface area contributed by atoms with Gasteiger partial charge >= 0.3 is 0 Å². The van der Waals surface area contributed by atoms with Gasteiger partial charge in [0.2, 0.25) is 0 Å². The number of carbonyl (C=O) groups is 1. The van der Waals surface area contributed by atoms with E-state index in [-0.39, 0.29) is 11.8 Å². The Hall–Kier alpha value is -1.30. The molecule has 1 aromatic rings. The summed E-state index contributed by atoms with van der Waals surface area (Å²) in [5, 5.41) is 4.62. The van der Waals surface area contributed by atoms with Gasteiger partial charge < -0.3 is 15.0 Å². The second-order valence-electron chi connectivity index (χ2n) is 5.61. The SMILES string of the molecule is CCCN1C(=S)NC(c2cc(Cl)c(OC)c(Cl)c2)C(C(C)=O)=C1C. The number of methoxy groups -OCH3 is 1. The number of nitrogens with one attached hydrogen (secondary N) is 1. The number of hydrogen-bond donors (Lipinski definition) is 1. The van der Waals surface area contributed by atoms with E-state index in [1.165, 1.54) is 7.11 Å². The fraction of sp³-hybridized carbons (Fsp3) is 0.412. The van der Waals surface area contributed by atoms with Crippen LogP contribution in [-0.4, -0.2) is 29.5 Å². The number of thiocarbonyl (C=S) groups is 1. The molecule has 1 aliphatic rings. The van der Waals surface area contributed by atoms with Gasteiger partial charge in [-0.1, -0.05) is 30.1 Å². The molecule has 1 unspecified atom stereocenters. The molecule has 2 rings (SSSR count). The van der Waals surface area contributed by atoms with E-state index < -0.39 is 0 Å². The van der Waals surface area contributed by atoms with Crippen molar-refractivity contribution in [1.29, 1.82) is 0 Å². The first-order valence-corrected chi connectivity index (χ1v) is 8.80. The zero-order valence-corrected chi connectivity index (χ0v) is 16.4. The smallest absolute Gasteiger partial charge is 0.173 e. The maximum Gasteiger partial charge on any atom is 0.173 e. The topological polar surface area (TPSA) is 41.6 Å². The summed E-state index contributed by atoms with van der Waals surface area (Å²) in [7, 11) is 1.51. The number of ketones is 1. The summed E-state index contributed by atoms with van der Waals surface area (Å²) in [6, 6.07) is 3.11. The first kappa shape index (κ1) is 19.0. The van der Waals surface area contributed by atoms with Gasteiger partial charge in [-0.25, -0.2) is 0 Å². The number of rotatable bonds is 5. The van der Waals surface area contributed by atoms with Crippen molar-refractivity contribution in [2.75, 3.05) is 13.7 Å². The second kappa shape index (κ2) is 7.72. The molecule has 0 saturated heterocycles. The largest absolute Gasteiger partial charge is 0.494 e. The van der Waals surface area contributed by atoms with Crippen molar-refractivity contribution in [3.05, 3.63) is 39.0 Å². The van der Waals surface area contributed by atoms with Gasteiger partial charge in [-0.2, -0.15) is 0 Å². The van der Waals surface area contributed by atoms with E-state index >= 15 is 0 Å². The number of nitrogens with zero attached hydrogens (tertiary/aromatic N) is 1. The summed E-state index contributed by atoms with van der Waals surface area (Å²) in [5.41, 5.74) is 2.30. The van der Waals surface area contributed by atoms with Gasteiger partial charge in [-0.05, 0) is 50.2 Å². The lowest BCUT2D eigenvalue weighted by atomic mass is 9.92. The van der Waals surface area contributed by atoms with Crippen LogP contribution in [-0.2, 0) is 4.79 Å². The molecule has 0 fully saturated rings. The van der Waals surface area contributed by atoms with Crippen LogP contribution in [0, 0.1) is 0 Å². The van der Waals surface area contributed by atoms with E-state index in [9.17, 15) is 4.79 Å². The van der Waals surface area contributed by atoms with Crippen molar-refractivity contribution < 1.29 is 9.53 Å². The van der Waals surface area contributed by atoms with Crippen LogP contribution in [0.25, 0.3) is 0 Å². The highest BCUT2D eigenvalue weighted by Gasteiger charge is 2.32. The van der Waals surface area contributed by atoms with Crippen LogP contribution in [0.5, 0.6) is 5.75 Å². The van der Waals surface area contributed by atoms with Gasteiger partial charge in [0.15, 0.2) is 16.6 Å². The Morgan fingerprint density at radius 3 is 2.42 bits per heavy atom. The molecule has 0 aliphatic carbocycles. The van der Waals surface area contributed by atoms with Crippen molar-refractivity contribution in [1.82, 2.24) is 10.2 Å². The van der Waals surface area contributed by atoms with E-state index in [0.29, 0.717) is 26.5 Å². The van der Waals surface area contributed by atoms with Crippen molar-refractivity contribution >= 4 is 46.3 Å². The van der Waals surface area contributed by atoms with Gasteiger partial charge in [-0.15, -0.1) is 0 Å². The lowest BCUT2D eigenvalue weighted by Crippen LogP contribution is -2.47. The monoisotopic (exact) mass is 386 g/mol. The molecule has 1 heterocycles. The molecule has 4 nitrogen and oxygen atoms in total. The first-order valence-electron chi connectivity index (χ1n) is 7.64. The Morgan fingerprint density at radius 2 is 1.96 bits per heavy atom. The Bertz CT molecular complexity index is 696. The molecule has 0 aromatic heterocycles. The quantitative estimate of drug-likeness (QED) is 0.754. The van der Waals surface area contributed by atoms with E-state index in [1.807, 2.05) is 11.8 Å². The zero-order valence-electron chi connectivity index (χ0n) is 14.1. The fourth-order valence-electron chi connectivity index (χ4n) is 2.92. The van der Waals surface area contributed by atoms with Crippen LogP contribution in [0.3, 0.4) is 0 Å².